The summed E-state index contributed by atoms with van der Waals surface area (Å²) in [5.74, 6) is 0.688. The number of fused-ring (bicyclic) bond motifs is 1. The van der Waals surface area contributed by atoms with E-state index in [0.717, 1.165) is 16.7 Å². The van der Waals surface area contributed by atoms with Crippen molar-refractivity contribution in [1.82, 2.24) is 15.6 Å². The Hall–Kier alpha value is -1.88. The molecule has 1 amide bonds. The Labute approximate surface area is 111 Å². The number of aryl methyl sites for hydroxylation is 1. The van der Waals surface area contributed by atoms with Crippen molar-refractivity contribution in [2.75, 3.05) is 6.54 Å². The fourth-order valence-corrected chi connectivity index (χ4v) is 1.99. The first-order valence-electron chi connectivity index (χ1n) is 6.57. The predicted octanol–water partition coefficient (Wildman–Crippen LogP) is 1.50. The molecule has 0 saturated heterocycles. The molecule has 0 radical (unpaired) electrons. The van der Waals surface area contributed by atoms with Crippen molar-refractivity contribution < 1.29 is 9.21 Å². The number of aromatic nitrogens is 1. The molecular weight excluding hydrogens is 242 g/mol. The van der Waals surface area contributed by atoms with Crippen molar-refractivity contribution in [3.8, 4) is 0 Å². The van der Waals surface area contributed by atoms with Crippen molar-refractivity contribution in [1.29, 1.82) is 0 Å². The topological polar surface area (TPSA) is 67.2 Å². The quantitative estimate of drug-likeness (QED) is 0.854. The van der Waals surface area contributed by atoms with E-state index in [1.165, 1.54) is 12.8 Å². The van der Waals surface area contributed by atoms with Gasteiger partial charge in [-0.2, -0.15) is 0 Å². The number of oxazole rings is 1. The van der Waals surface area contributed by atoms with Crippen LogP contribution in [0.25, 0.3) is 11.1 Å². The maximum Gasteiger partial charge on any atom is 0.234 e. The van der Waals surface area contributed by atoms with E-state index < -0.39 is 0 Å². The number of carbonyl (C=O) groups excluding carboxylic acids is 1. The molecule has 0 unspecified atom stereocenters. The van der Waals surface area contributed by atoms with E-state index >= 15 is 0 Å². The van der Waals surface area contributed by atoms with Gasteiger partial charge in [0, 0.05) is 19.5 Å². The Morgan fingerprint density at radius 1 is 1.47 bits per heavy atom. The van der Waals surface area contributed by atoms with Gasteiger partial charge in [0.25, 0.3) is 0 Å². The second-order valence-electron chi connectivity index (χ2n) is 4.97. The molecule has 0 aliphatic heterocycles. The summed E-state index contributed by atoms with van der Waals surface area (Å²) in [7, 11) is 0. The Morgan fingerprint density at radius 3 is 3.11 bits per heavy atom. The summed E-state index contributed by atoms with van der Waals surface area (Å²) in [5, 5.41) is 6.08. The minimum Gasteiger partial charge on any atom is -0.441 e. The van der Waals surface area contributed by atoms with Gasteiger partial charge >= 0.3 is 0 Å². The van der Waals surface area contributed by atoms with Gasteiger partial charge in [-0.3, -0.25) is 4.79 Å². The van der Waals surface area contributed by atoms with Gasteiger partial charge in [0.05, 0.1) is 6.54 Å². The third-order valence-corrected chi connectivity index (χ3v) is 3.18. The Kier molecular flexibility index (Phi) is 3.21. The number of rotatable bonds is 5. The lowest BCUT2D eigenvalue weighted by Crippen LogP contribution is -2.34. The molecule has 1 heterocycles. The molecule has 0 atom stereocenters. The summed E-state index contributed by atoms with van der Waals surface area (Å²) in [6.07, 6.45) is 2.38. The lowest BCUT2D eigenvalue weighted by molar-refractivity contribution is -0.120. The minimum atomic E-state index is 0.0309. The maximum absolute atomic E-state index is 11.6. The second-order valence-corrected chi connectivity index (χ2v) is 4.97. The van der Waals surface area contributed by atoms with Gasteiger partial charge in [0.2, 0.25) is 5.91 Å². The summed E-state index contributed by atoms with van der Waals surface area (Å²) in [6, 6.07) is 6.33. The van der Waals surface area contributed by atoms with E-state index in [-0.39, 0.29) is 5.91 Å². The molecule has 0 spiro atoms. The summed E-state index contributed by atoms with van der Waals surface area (Å²) < 4.78 is 5.41. The molecule has 2 aromatic rings. The Morgan fingerprint density at radius 2 is 2.32 bits per heavy atom. The van der Waals surface area contributed by atoms with Crippen molar-refractivity contribution in [2.45, 2.75) is 32.4 Å². The van der Waals surface area contributed by atoms with Gasteiger partial charge in [-0.15, -0.1) is 0 Å². The third-order valence-electron chi connectivity index (χ3n) is 3.18. The molecule has 19 heavy (non-hydrogen) atoms. The lowest BCUT2D eigenvalue weighted by Gasteiger charge is -2.05. The van der Waals surface area contributed by atoms with Gasteiger partial charge in [0.15, 0.2) is 11.5 Å². The van der Waals surface area contributed by atoms with Crippen LogP contribution < -0.4 is 10.6 Å². The van der Waals surface area contributed by atoms with Crippen molar-refractivity contribution in [2.24, 2.45) is 0 Å². The zero-order valence-corrected chi connectivity index (χ0v) is 10.9. The molecule has 2 N–H and O–H groups in total. The molecule has 1 aromatic carbocycles. The monoisotopic (exact) mass is 259 g/mol. The number of amides is 1. The highest BCUT2D eigenvalue weighted by Gasteiger charge is 2.20. The Balaban J connectivity index is 1.56. The zero-order valence-electron chi connectivity index (χ0n) is 10.9. The molecule has 5 heteroatoms. The highest BCUT2D eigenvalue weighted by atomic mass is 16.3. The van der Waals surface area contributed by atoms with Crippen LogP contribution in [0.1, 0.15) is 24.3 Å². The molecular formula is C14H17N3O2. The minimum absolute atomic E-state index is 0.0309. The summed E-state index contributed by atoms with van der Waals surface area (Å²) in [5.41, 5.74) is 2.64. The van der Waals surface area contributed by atoms with E-state index in [9.17, 15) is 4.79 Å². The van der Waals surface area contributed by atoms with Crippen LogP contribution in [0.2, 0.25) is 0 Å². The molecule has 1 aliphatic rings. The average molecular weight is 259 g/mol. The number of nitrogens with one attached hydrogen (secondary N) is 2. The number of hydrogen-bond donors (Lipinski definition) is 2. The van der Waals surface area contributed by atoms with Crippen molar-refractivity contribution >= 4 is 17.0 Å². The molecule has 100 valence electrons. The predicted molar refractivity (Wildman–Crippen MR) is 71.6 cm³/mol. The smallest absolute Gasteiger partial charge is 0.234 e. The summed E-state index contributed by atoms with van der Waals surface area (Å²) in [6.45, 7) is 2.74. The van der Waals surface area contributed by atoms with Crippen LogP contribution in [0, 0.1) is 6.92 Å². The first-order valence-corrected chi connectivity index (χ1v) is 6.57. The van der Waals surface area contributed by atoms with Crippen LogP contribution in [0.4, 0.5) is 0 Å². The molecule has 5 nitrogen and oxygen atoms in total. The lowest BCUT2D eigenvalue weighted by atomic mass is 10.2. The van der Waals surface area contributed by atoms with E-state index in [4.69, 9.17) is 4.42 Å². The first kappa shape index (κ1) is 12.2. The largest absolute Gasteiger partial charge is 0.441 e. The van der Waals surface area contributed by atoms with E-state index in [0.29, 0.717) is 25.0 Å². The molecule has 1 aliphatic carbocycles. The van der Waals surface area contributed by atoms with Gasteiger partial charge in [-0.1, -0.05) is 6.07 Å². The van der Waals surface area contributed by atoms with E-state index in [1.807, 2.05) is 25.1 Å². The van der Waals surface area contributed by atoms with Crippen LogP contribution in [-0.2, 0) is 11.3 Å². The summed E-state index contributed by atoms with van der Waals surface area (Å²) >= 11 is 0. The highest BCUT2D eigenvalue weighted by molar-refractivity contribution is 5.78. The zero-order chi connectivity index (χ0) is 13.2. The molecule has 0 bridgehead atoms. The standard InChI is InChI=1S/C14H17N3O2/c1-9-17-12-6-10(2-5-13(12)19-9)7-16-14(18)8-15-11-3-4-11/h2,5-6,11,15H,3-4,7-8H2,1H3,(H,16,18). The highest BCUT2D eigenvalue weighted by Crippen LogP contribution is 2.18. The fraction of sp³-hybridized carbons (Fsp3) is 0.429. The maximum atomic E-state index is 11.6. The van der Waals surface area contributed by atoms with Gasteiger partial charge in [0.1, 0.15) is 5.52 Å². The van der Waals surface area contributed by atoms with E-state index in [1.54, 1.807) is 0 Å². The summed E-state index contributed by atoms with van der Waals surface area (Å²) in [4.78, 5) is 15.9. The molecule has 3 rings (SSSR count). The number of carbonyl (C=O) groups is 1. The van der Waals surface area contributed by atoms with Crippen LogP contribution >= 0.6 is 0 Å². The van der Waals surface area contributed by atoms with Crippen LogP contribution in [0.5, 0.6) is 0 Å². The van der Waals surface area contributed by atoms with Gasteiger partial charge in [-0.25, -0.2) is 4.98 Å². The average Bonchev–Trinajstić information content (AvgIpc) is 3.14. The first-order chi connectivity index (χ1) is 9.20. The van der Waals surface area contributed by atoms with Crippen LogP contribution in [0.15, 0.2) is 22.6 Å². The van der Waals surface area contributed by atoms with Gasteiger partial charge in [-0.05, 0) is 30.5 Å². The SMILES string of the molecule is Cc1nc2cc(CNC(=O)CNC3CC3)ccc2o1. The third kappa shape index (κ3) is 3.12. The van der Waals surface area contributed by atoms with Crippen LogP contribution in [-0.4, -0.2) is 23.5 Å². The molecule has 1 fully saturated rings. The van der Waals surface area contributed by atoms with E-state index in [2.05, 4.69) is 15.6 Å². The molecule has 1 aromatic heterocycles. The fourth-order valence-electron chi connectivity index (χ4n) is 1.99. The van der Waals surface area contributed by atoms with Crippen molar-refractivity contribution in [3.63, 3.8) is 0 Å². The number of hydrogen-bond acceptors (Lipinski definition) is 4. The van der Waals surface area contributed by atoms with Gasteiger partial charge < -0.3 is 15.1 Å². The second kappa shape index (κ2) is 5.01. The number of benzene rings is 1. The molecule has 1 saturated carbocycles. The Bertz CT molecular complexity index is 602. The normalized spacial score (nSPS) is 14.8. The van der Waals surface area contributed by atoms with Crippen molar-refractivity contribution in [3.05, 3.63) is 29.7 Å². The number of nitrogens with zero attached hydrogens (tertiary/aromatic N) is 1. The van der Waals surface area contributed by atoms with Crippen LogP contribution in [0.3, 0.4) is 0 Å².